The number of carboxylic acid groups (broad SMARTS) is 1. The Kier molecular flexibility index (Phi) is 3.43. The molecule has 2 aliphatic rings. The molecule has 3 atom stereocenters. The van der Waals surface area contributed by atoms with Crippen molar-refractivity contribution in [1.82, 2.24) is 9.47 Å². The predicted octanol–water partition coefficient (Wildman–Crippen LogP) is 1.83. The summed E-state index contributed by atoms with van der Waals surface area (Å²) in [6.07, 6.45) is 0.831. The van der Waals surface area contributed by atoms with Gasteiger partial charge in [-0.1, -0.05) is 0 Å². The van der Waals surface area contributed by atoms with E-state index >= 15 is 0 Å². The summed E-state index contributed by atoms with van der Waals surface area (Å²) in [6.45, 7) is -0.528. The molecule has 5 nitrogen and oxygen atoms in total. The van der Waals surface area contributed by atoms with Gasteiger partial charge in [0.1, 0.15) is 5.69 Å². The SMILES string of the molecule is O=C(O)C1CC2CCC1N2C(=O)c1cccn1CC(F)F. The van der Waals surface area contributed by atoms with Crippen LogP contribution in [0.3, 0.4) is 0 Å². The fraction of sp³-hybridized carbons (Fsp3) is 0.571. The van der Waals surface area contributed by atoms with Gasteiger partial charge in [0.25, 0.3) is 12.3 Å². The van der Waals surface area contributed by atoms with Crippen molar-refractivity contribution in [2.24, 2.45) is 5.92 Å². The molecule has 0 aliphatic carbocycles. The Morgan fingerprint density at radius 2 is 2.14 bits per heavy atom. The topological polar surface area (TPSA) is 62.5 Å². The van der Waals surface area contributed by atoms with Gasteiger partial charge >= 0.3 is 5.97 Å². The molecule has 2 fully saturated rings. The molecule has 2 saturated heterocycles. The molecule has 0 radical (unpaired) electrons. The van der Waals surface area contributed by atoms with Crippen LogP contribution >= 0.6 is 0 Å². The molecule has 1 N–H and O–H groups in total. The number of halogens is 2. The molecule has 1 aromatic heterocycles. The minimum Gasteiger partial charge on any atom is -0.481 e. The number of fused-ring (bicyclic) bond motifs is 2. The molecule has 2 bridgehead atoms. The highest BCUT2D eigenvalue weighted by Gasteiger charge is 2.51. The van der Waals surface area contributed by atoms with E-state index in [1.54, 1.807) is 11.0 Å². The quantitative estimate of drug-likeness (QED) is 0.922. The summed E-state index contributed by atoms with van der Waals surface area (Å²) in [6, 6.07) is 2.67. The molecule has 0 aromatic carbocycles. The summed E-state index contributed by atoms with van der Waals surface area (Å²) >= 11 is 0. The van der Waals surface area contributed by atoms with Gasteiger partial charge in [-0.2, -0.15) is 0 Å². The zero-order valence-corrected chi connectivity index (χ0v) is 11.3. The van der Waals surface area contributed by atoms with Crippen LogP contribution in [0.4, 0.5) is 8.78 Å². The standard InChI is InChI=1S/C14H16F2N2O3/c15-12(16)7-17-5-1-2-11(17)13(19)18-8-3-4-10(18)9(6-8)14(20)21/h1-2,5,8-10,12H,3-4,6-7H2,(H,20,21). The zero-order chi connectivity index (χ0) is 15.1. The highest BCUT2D eigenvalue weighted by Crippen LogP contribution is 2.42. The first-order valence-electron chi connectivity index (χ1n) is 6.97. The second kappa shape index (κ2) is 5.13. The third kappa shape index (κ3) is 2.30. The van der Waals surface area contributed by atoms with Crippen LogP contribution in [0.15, 0.2) is 18.3 Å². The Labute approximate surface area is 120 Å². The van der Waals surface area contributed by atoms with Crippen LogP contribution in [0, 0.1) is 5.92 Å². The molecule has 3 rings (SSSR count). The summed E-state index contributed by atoms with van der Waals surface area (Å²) in [5, 5.41) is 9.20. The lowest BCUT2D eigenvalue weighted by Gasteiger charge is -2.23. The maximum Gasteiger partial charge on any atom is 0.308 e. The van der Waals surface area contributed by atoms with E-state index in [0.29, 0.717) is 12.8 Å². The van der Waals surface area contributed by atoms with Crippen molar-refractivity contribution in [2.75, 3.05) is 0 Å². The number of rotatable bonds is 4. The third-order valence-electron chi connectivity index (χ3n) is 4.47. The van der Waals surface area contributed by atoms with E-state index in [0.717, 1.165) is 6.42 Å². The maximum atomic E-state index is 12.6. The minimum absolute atomic E-state index is 0.0847. The summed E-state index contributed by atoms with van der Waals surface area (Å²) < 4.78 is 26.3. The van der Waals surface area contributed by atoms with Gasteiger partial charge in [-0.25, -0.2) is 8.78 Å². The third-order valence-corrected chi connectivity index (χ3v) is 4.47. The number of amides is 1. The Balaban J connectivity index is 1.83. The van der Waals surface area contributed by atoms with E-state index in [2.05, 4.69) is 0 Å². The average molecular weight is 298 g/mol. The highest BCUT2D eigenvalue weighted by atomic mass is 19.3. The number of hydrogen-bond donors (Lipinski definition) is 1. The van der Waals surface area contributed by atoms with Crippen molar-refractivity contribution >= 4 is 11.9 Å². The van der Waals surface area contributed by atoms with Gasteiger partial charge in [0.15, 0.2) is 0 Å². The Hall–Kier alpha value is -1.92. The van der Waals surface area contributed by atoms with Crippen molar-refractivity contribution in [2.45, 2.75) is 44.3 Å². The van der Waals surface area contributed by atoms with Gasteiger partial charge in [-0.3, -0.25) is 9.59 Å². The first-order valence-corrected chi connectivity index (χ1v) is 6.97. The molecule has 1 aromatic rings. The van der Waals surface area contributed by atoms with Crippen molar-refractivity contribution in [3.05, 3.63) is 24.0 Å². The summed E-state index contributed by atoms with van der Waals surface area (Å²) in [5.74, 6) is -1.76. The molecular formula is C14H16F2N2O3. The van der Waals surface area contributed by atoms with Crippen LogP contribution < -0.4 is 0 Å². The van der Waals surface area contributed by atoms with Gasteiger partial charge in [0, 0.05) is 18.3 Å². The van der Waals surface area contributed by atoms with Crippen LogP contribution in [0.25, 0.3) is 0 Å². The van der Waals surface area contributed by atoms with Crippen LogP contribution in [0.2, 0.25) is 0 Å². The average Bonchev–Trinajstić information content (AvgIpc) is 3.10. The lowest BCUT2D eigenvalue weighted by Crippen LogP contribution is -2.39. The second-order valence-corrected chi connectivity index (χ2v) is 5.63. The van der Waals surface area contributed by atoms with Gasteiger partial charge < -0.3 is 14.6 Å². The number of carbonyl (C=O) groups is 2. The van der Waals surface area contributed by atoms with E-state index < -0.39 is 24.9 Å². The maximum absolute atomic E-state index is 12.6. The largest absolute Gasteiger partial charge is 0.481 e. The van der Waals surface area contributed by atoms with Gasteiger partial charge in [-0.05, 0) is 31.4 Å². The molecule has 3 heterocycles. The lowest BCUT2D eigenvalue weighted by atomic mass is 9.89. The van der Waals surface area contributed by atoms with Gasteiger partial charge in [0.05, 0.1) is 12.5 Å². The molecule has 0 spiro atoms. The normalized spacial score (nSPS) is 27.6. The Bertz CT molecular complexity index is 572. The molecule has 21 heavy (non-hydrogen) atoms. The van der Waals surface area contributed by atoms with E-state index in [-0.39, 0.29) is 23.7 Å². The first kappa shape index (κ1) is 14.0. The summed E-state index contributed by atoms with van der Waals surface area (Å²) in [4.78, 5) is 25.4. The smallest absolute Gasteiger partial charge is 0.308 e. The number of carboxylic acids is 1. The summed E-state index contributed by atoms with van der Waals surface area (Å²) in [5.41, 5.74) is 0.207. The fourth-order valence-electron chi connectivity index (χ4n) is 3.62. The molecule has 2 aliphatic heterocycles. The minimum atomic E-state index is -2.54. The highest BCUT2D eigenvalue weighted by molar-refractivity contribution is 5.94. The molecular weight excluding hydrogens is 282 g/mol. The van der Waals surface area contributed by atoms with E-state index in [1.165, 1.54) is 16.8 Å². The predicted molar refractivity (Wildman–Crippen MR) is 69.2 cm³/mol. The lowest BCUT2D eigenvalue weighted by molar-refractivity contribution is -0.142. The van der Waals surface area contributed by atoms with Crippen molar-refractivity contribution in [1.29, 1.82) is 0 Å². The van der Waals surface area contributed by atoms with Crippen LogP contribution in [0.1, 0.15) is 29.8 Å². The number of nitrogens with zero attached hydrogens (tertiary/aromatic N) is 2. The number of alkyl halides is 2. The van der Waals surface area contributed by atoms with E-state index in [4.69, 9.17) is 0 Å². The van der Waals surface area contributed by atoms with Gasteiger partial charge in [-0.15, -0.1) is 0 Å². The van der Waals surface area contributed by atoms with E-state index in [1.807, 2.05) is 0 Å². The number of aromatic nitrogens is 1. The Morgan fingerprint density at radius 1 is 1.38 bits per heavy atom. The van der Waals surface area contributed by atoms with Crippen LogP contribution in [0.5, 0.6) is 0 Å². The van der Waals surface area contributed by atoms with Crippen molar-refractivity contribution < 1.29 is 23.5 Å². The number of aliphatic carboxylic acids is 1. The molecule has 0 saturated carbocycles. The zero-order valence-electron chi connectivity index (χ0n) is 11.3. The molecule has 7 heteroatoms. The van der Waals surface area contributed by atoms with Crippen LogP contribution in [-0.2, 0) is 11.3 Å². The van der Waals surface area contributed by atoms with Crippen molar-refractivity contribution in [3.63, 3.8) is 0 Å². The molecule has 114 valence electrons. The first-order chi connectivity index (χ1) is 9.99. The van der Waals surface area contributed by atoms with Crippen LogP contribution in [-0.4, -0.2) is 45.0 Å². The fourth-order valence-corrected chi connectivity index (χ4v) is 3.62. The molecule has 1 amide bonds. The van der Waals surface area contributed by atoms with Crippen molar-refractivity contribution in [3.8, 4) is 0 Å². The number of hydrogen-bond acceptors (Lipinski definition) is 2. The molecule has 3 unspecified atom stereocenters. The van der Waals surface area contributed by atoms with Gasteiger partial charge in [0.2, 0.25) is 0 Å². The summed E-state index contributed by atoms with van der Waals surface area (Å²) in [7, 11) is 0. The monoisotopic (exact) mass is 298 g/mol. The number of carbonyl (C=O) groups excluding carboxylic acids is 1. The van der Waals surface area contributed by atoms with E-state index in [9.17, 15) is 23.5 Å². The Morgan fingerprint density at radius 3 is 2.76 bits per heavy atom. The second-order valence-electron chi connectivity index (χ2n) is 5.63.